The number of thioether (sulfide) groups is 1. The number of carbonyl (C=O) groups excluding carboxylic acids is 2. The summed E-state index contributed by atoms with van der Waals surface area (Å²) in [5.74, 6) is -0.873. The highest BCUT2D eigenvalue weighted by molar-refractivity contribution is 8.00. The first-order chi connectivity index (χ1) is 15.5. The predicted molar refractivity (Wildman–Crippen MR) is 122 cm³/mol. The SMILES string of the molecule is O=C1C2C3CC(C2C(=O)N1c1ccc(F)cc1)C1C(c2cccs2)c2sc(=O)[nH]c2SC31. The van der Waals surface area contributed by atoms with Crippen molar-refractivity contribution < 1.29 is 14.0 Å². The minimum atomic E-state index is -0.394. The molecule has 1 N–H and O–H groups in total. The van der Waals surface area contributed by atoms with Crippen LogP contribution in [0, 0.1) is 35.4 Å². The third-order valence-electron chi connectivity index (χ3n) is 7.66. The van der Waals surface area contributed by atoms with Crippen LogP contribution in [0.5, 0.6) is 0 Å². The molecule has 9 heteroatoms. The van der Waals surface area contributed by atoms with Crippen molar-refractivity contribution in [3.8, 4) is 0 Å². The van der Waals surface area contributed by atoms with Gasteiger partial charge in [-0.3, -0.25) is 19.3 Å². The van der Waals surface area contributed by atoms with Crippen molar-refractivity contribution in [1.29, 1.82) is 0 Å². The van der Waals surface area contributed by atoms with Gasteiger partial charge in [-0.25, -0.2) is 4.39 Å². The number of thiazole rings is 1. The van der Waals surface area contributed by atoms with Gasteiger partial charge in [0, 0.05) is 20.9 Å². The largest absolute Gasteiger partial charge is 0.307 e. The Morgan fingerprint density at radius 3 is 2.47 bits per heavy atom. The number of benzene rings is 1. The number of hydrogen-bond acceptors (Lipinski definition) is 6. The standard InChI is InChI=1S/C23H17FN2O3S3/c24-9-3-5-10(6-4-9)26-21(27)15-11-8-12(16(15)22(26)28)18-14(11)17(13-2-1-7-30-13)19-20(31-18)25-23(29)32-19/h1-7,11-12,14-18H,8H2,(H,25,29). The number of aromatic amines is 1. The Morgan fingerprint density at radius 1 is 1.00 bits per heavy atom. The zero-order valence-electron chi connectivity index (χ0n) is 16.6. The molecule has 2 saturated carbocycles. The molecule has 3 aromatic rings. The van der Waals surface area contributed by atoms with Gasteiger partial charge in [-0.2, -0.15) is 0 Å². The summed E-state index contributed by atoms with van der Waals surface area (Å²) < 4.78 is 13.4. The highest BCUT2D eigenvalue weighted by Crippen LogP contribution is 2.68. The molecule has 7 atom stereocenters. The van der Waals surface area contributed by atoms with E-state index in [0.717, 1.165) is 16.3 Å². The summed E-state index contributed by atoms with van der Waals surface area (Å²) in [6, 6.07) is 9.73. The minimum Gasteiger partial charge on any atom is -0.307 e. The monoisotopic (exact) mass is 484 g/mol. The van der Waals surface area contributed by atoms with Crippen molar-refractivity contribution in [2.75, 3.05) is 4.90 Å². The Hall–Kier alpha value is -2.23. The van der Waals surface area contributed by atoms with Crippen LogP contribution in [0.2, 0.25) is 0 Å². The molecule has 2 bridgehead atoms. The number of amides is 2. The van der Waals surface area contributed by atoms with Crippen LogP contribution in [0.3, 0.4) is 0 Å². The molecule has 162 valence electrons. The molecule has 2 aromatic heterocycles. The van der Waals surface area contributed by atoms with Crippen molar-refractivity contribution in [3.63, 3.8) is 0 Å². The van der Waals surface area contributed by atoms with Gasteiger partial charge in [-0.15, -0.1) is 23.1 Å². The van der Waals surface area contributed by atoms with Crippen LogP contribution in [0.4, 0.5) is 10.1 Å². The Balaban J connectivity index is 1.32. The molecule has 3 fully saturated rings. The van der Waals surface area contributed by atoms with E-state index in [4.69, 9.17) is 0 Å². The van der Waals surface area contributed by atoms with E-state index in [1.807, 2.05) is 6.07 Å². The molecule has 7 unspecified atom stereocenters. The predicted octanol–water partition coefficient (Wildman–Crippen LogP) is 4.31. The van der Waals surface area contributed by atoms with E-state index in [-0.39, 0.29) is 57.4 Å². The summed E-state index contributed by atoms with van der Waals surface area (Å²) in [7, 11) is 0. The van der Waals surface area contributed by atoms with Crippen molar-refractivity contribution in [2.45, 2.75) is 22.6 Å². The number of imide groups is 1. The maximum absolute atomic E-state index is 13.5. The van der Waals surface area contributed by atoms with Crippen LogP contribution in [0.1, 0.15) is 22.1 Å². The van der Waals surface area contributed by atoms with E-state index >= 15 is 0 Å². The third kappa shape index (κ3) is 2.42. The van der Waals surface area contributed by atoms with E-state index in [0.29, 0.717) is 5.69 Å². The van der Waals surface area contributed by atoms with Gasteiger partial charge in [0.25, 0.3) is 0 Å². The first-order valence-electron chi connectivity index (χ1n) is 10.6. The van der Waals surface area contributed by atoms with Gasteiger partial charge < -0.3 is 4.98 Å². The number of hydrogen-bond donors (Lipinski definition) is 1. The summed E-state index contributed by atoms with van der Waals surface area (Å²) in [4.78, 5) is 45.7. The lowest BCUT2D eigenvalue weighted by atomic mass is 9.69. The molecule has 5 nitrogen and oxygen atoms in total. The lowest BCUT2D eigenvalue weighted by molar-refractivity contribution is -0.123. The summed E-state index contributed by atoms with van der Waals surface area (Å²) in [5.41, 5.74) is 0.448. The first-order valence-corrected chi connectivity index (χ1v) is 13.2. The minimum absolute atomic E-state index is 0.0498. The van der Waals surface area contributed by atoms with E-state index < -0.39 is 5.82 Å². The fourth-order valence-corrected chi connectivity index (χ4v) is 10.5. The summed E-state index contributed by atoms with van der Waals surface area (Å²) in [6.45, 7) is 0. The molecule has 1 aromatic carbocycles. The van der Waals surface area contributed by atoms with E-state index in [9.17, 15) is 18.8 Å². The molecule has 2 aliphatic heterocycles. The second kappa shape index (κ2) is 6.65. The Bertz CT molecular complexity index is 1310. The maximum atomic E-state index is 13.5. The number of thiophene rings is 1. The van der Waals surface area contributed by atoms with Gasteiger partial charge in [-0.05, 0) is 59.9 Å². The molecule has 2 aliphatic carbocycles. The zero-order valence-corrected chi connectivity index (χ0v) is 19.0. The summed E-state index contributed by atoms with van der Waals surface area (Å²) >= 11 is 4.65. The lowest BCUT2D eigenvalue weighted by Crippen LogP contribution is -2.42. The smallest absolute Gasteiger partial charge is 0.305 e. The van der Waals surface area contributed by atoms with Crippen molar-refractivity contribution in [1.82, 2.24) is 4.98 Å². The highest BCUT2D eigenvalue weighted by Gasteiger charge is 2.69. The van der Waals surface area contributed by atoms with Crippen LogP contribution in [0.25, 0.3) is 0 Å². The second-order valence-corrected chi connectivity index (χ2v) is 12.1. The number of halogens is 1. The Kier molecular flexibility index (Phi) is 4.00. The number of nitrogens with one attached hydrogen (secondary N) is 1. The van der Waals surface area contributed by atoms with Gasteiger partial charge in [0.1, 0.15) is 5.82 Å². The number of nitrogens with zero attached hydrogens (tertiary/aromatic N) is 1. The molecular formula is C23H17FN2O3S3. The number of rotatable bonds is 2. The molecule has 4 aliphatic rings. The van der Waals surface area contributed by atoms with E-state index in [2.05, 4.69) is 16.4 Å². The number of H-pyrrole nitrogens is 1. The van der Waals surface area contributed by atoms with Crippen LogP contribution < -0.4 is 9.77 Å². The topological polar surface area (TPSA) is 70.2 Å². The van der Waals surface area contributed by atoms with Crippen LogP contribution >= 0.6 is 34.4 Å². The van der Waals surface area contributed by atoms with Crippen LogP contribution in [-0.2, 0) is 9.59 Å². The second-order valence-electron chi connectivity index (χ2n) is 8.96. The first kappa shape index (κ1) is 19.3. The molecule has 0 spiro atoms. The highest BCUT2D eigenvalue weighted by atomic mass is 32.2. The molecule has 0 radical (unpaired) electrons. The van der Waals surface area contributed by atoms with Gasteiger partial charge in [0.05, 0.1) is 22.5 Å². The molecule has 2 amide bonds. The molecule has 7 rings (SSSR count). The molecule has 1 saturated heterocycles. The van der Waals surface area contributed by atoms with Crippen LogP contribution in [0.15, 0.2) is 51.6 Å². The van der Waals surface area contributed by atoms with Gasteiger partial charge in [0.15, 0.2) is 0 Å². The number of carbonyl (C=O) groups is 2. The Labute approximate surface area is 194 Å². The lowest BCUT2D eigenvalue weighted by Gasteiger charge is -2.42. The van der Waals surface area contributed by atoms with Gasteiger partial charge in [-0.1, -0.05) is 17.4 Å². The van der Waals surface area contributed by atoms with Gasteiger partial charge >= 0.3 is 4.87 Å². The third-order valence-corrected chi connectivity index (χ3v) is 11.2. The fourth-order valence-electron chi connectivity index (χ4n) is 6.65. The van der Waals surface area contributed by atoms with Gasteiger partial charge in [0.2, 0.25) is 11.8 Å². The summed E-state index contributed by atoms with van der Waals surface area (Å²) in [6.07, 6.45) is 0.869. The van der Waals surface area contributed by atoms with E-state index in [1.54, 1.807) is 23.1 Å². The maximum Gasteiger partial charge on any atom is 0.305 e. The normalized spacial score (nSPS) is 34.7. The Morgan fingerprint density at radius 2 is 1.75 bits per heavy atom. The number of fused-ring (bicyclic) bond motifs is 9. The number of aromatic nitrogens is 1. The van der Waals surface area contributed by atoms with Crippen LogP contribution in [-0.4, -0.2) is 22.0 Å². The van der Waals surface area contributed by atoms with Crippen molar-refractivity contribution >= 4 is 51.9 Å². The zero-order chi connectivity index (χ0) is 21.7. The van der Waals surface area contributed by atoms with Crippen molar-refractivity contribution in [3.05, 3.63) is 67.0 Å². The average Bonchev–Trinajstić information content (AvgIpc) is 3.57. The molecule has 4 heterocycles. The molecular weight excluding hydrogens is 467 g/mol. The van der Waals surface area contributed by atoms with E-state index in [1.165, 1.54) is 45.4 Å². The average molecular weight is 485 g/mol. The fraction of sp³-hybridized carbons (Fsp3) is 0.348. The number of anilines is 1. The molecule has 32 heavy (non-hydrogen) atoms. The summed E-state index contributed by atoms with van der Waals surface area (Å²) in [5, 5.41) is 3.17. The quantitative estimate of drug-likeness (QED) is 0.550. The van der Waals surface area contributed by atoms with Crippen molar-refractivity contribution in [2.24, 2.45) is 29.6 Å².